The smallest absolute Gasteiger partial charge is 0.307 e. The number of carbonyl (C=O) groups is 1. The van der Waals surface area contributed by atoms with Crippen molar-refractivity contribution >= 4 is 5.97 Å². The standard InChI is InChI=1S/C14H20O4/c1-9(2)17-12-6-5-11(7-14(15)16)13(8-12)18-10(3)4/h5-6,8-10H,7H2,1-4H3,(H,15,16). The maximum Gasteiger partial charge on any atom is 0.307 e. The van der Waals surface area contributed by atoms with Crippen LogP contribution in [0.4, 0.5) is 0 Å². The zero-order valence-electron chi connectivity index (χ0n) is 11.3. The van der Waals surface area contributed by atoms with Crippen molar-refractivity contribution in [3.05, 3.63) is 23.8 Å². The Bertz CT molecular complexity index is 410. The van der Waals surface area contributed by atoms with Crippen molar-refractivity contribution in [2.75, 3.05) is 0 Å². The third-order valence-electron chi connectivity index (χ3n) is 2.11. The fourth-order valence-corrected chi connectivity index (χ4v) is 1.55. The van der Waals surface area contributed by atoms with Gasteiger partial charge >= 0.3 is 5.97 Å². The second kappa shape index (κ2) is 6.28. The SMILES string of the molecule is CC(C)Oc1ccc(CC(=O)O)c(OC(C)C)c1. The molecule has 1 rings (SSSR count). The molecule has 0 aliphatic heterocycles. The quantitative estimate of drug-likeness (QED) is 0.845. The van der Waals surface area contributed by atoms with E-state index in [1.54, 1.807) is 18.2 Å². The summed E-state index contributed by atoms with van der Waals surface area (Å²) in [6.45, 7) is 7.68. The van der Waals surface area contributed by atoms with Crippen molar-refractivity contribution in [1.29, 1.82) is 0 Å². The molecule has 0 saturated carbocycles. The predicted molar refractivity (Wildman–Crippen MR) is 69.3 cm³/mol. The molecule has 0 spiro atoms. The average molecular weight is 252 g/mol. The van der Waals surface area contributed by atoms with Gasteiger partial charge in [0.05, 0.1) is 18.6 Å². The van der Waals surface area contributed by atoms with Crippen LogP contribution in [0, 0.1) is 0 Å². The lowest BCUT2D eigenvalue weighted by atomic mass is 10.1. The number of hydrogen-bond acceptors (Lipinski definition) is 3. The van der Waals surface area contributed by atoms with E-state index in [9.17, 15) is 4.79 Å². The first-order chi connectivity index (χ1) is 8.38. The maximum atomic E-state index is 10.8. The molecule has 0 aliphatic rings. The second-order valence-electron chi connectivity index (χ2n) is 4.67. The predicted octanol–water partition coefficient (Wildman–Crippen LogP) is 2.89. The highest BCUT2D eigenvalue weighted by Gasteiger charge is 2.11. The van der Waals surface area contributed by atoms with Crippen LogP contribution < -0.4 is 9.47 Å². The first-order valence-corrected chi connectivity index (χ1v) is 6.06. The Balaban J connectivity index is 2.99. The van der Waals surface area contributed by atoms with Gasteiger partial charge in [0.2, 0.25) is 0 Å². The van der Waals surface area contributed by atoms with Gasteiger partial charge in [0.1, 0.15) is 11.5 Å². The molecule has 0 heterocycles. The first kappa shape index (κ1) is 14.4. The van der Waals surface area contributed by atoms with Gasteiger partial charge in [-0.25, -0.2) is 0 Å². The van der Waals surface area contributed by atoms with E-state index in [4.69, 9.17) is 14.6 Å². The largest absolute Gasteiger partial charge is 0.491 e. The minimum atomic E-state index is -0.874. The monoisotopic (exact) mass is 252 g/mol. The molecule has 0 atom stereocenters. The van der Waals surface area contributed by atoms with Gasteiger partial charge in [-0.1, -0.05) is 6.07 Å². The summed E-state index contributed by atoms with van der Waals surface area (Å²) in [6.07, 6.45) is 0.0124. The molecule has 0 aliphatic carbocycles. The maximum absolute atomic E-state index is 10.8. The first-order valence-electron chi connectivity index (χ1n) is 6.06. The van der Waals surface area contributed by atoms with E-state index in [1.165, 1.54) is 0 Å². The lowest BCUT2D eigenvalue weighted by Gasteiger charge is -2.16. The molecule has 0 unspecified atom stereocenters. The summed E-state index contributed by atoms with van der Waals surface area (Å²) < 4.78 is 11.2. The Labute approximate surface area is 108 Å². The van der Waals surface area contributed by atoms with Gasteiger partial charge in [-0.05, 0) is 33.8 Å². The molecule has 4 heteroatoms. The van der Waals surface area contributed by atoms with E-state index < -0.39 is 5.97 Å². The molecular weight excluding hydrogens is 232 g/mol. The van der Waals surface area contributed by atoms with Crippen LogP contribution in [0.3, 0.4) is 0 Å². The van der Waals surface area contributed by atoms with E-state index in [0.717, 1.165) is 0 Å². The molecule has 1 aromatic carbocycles. The number of ether oxygens (including phenoxy) is 2. The fraction of sp³-hybridized carbons (Fsp3) is 0.500. The van der Waals surface area contributed by atoms with Crippen molar-refractivity contribution in [3.63, 3.8) is 0 Å². The molecule has 0 bridgehead atoms. The zero-order valence-corrected chi connectivity index (χ0v) is 11.3. The summed E-state index contributed by atoms with van der Waals surface area (Å²) in [5.74, 6) is 0.390. The fourth-order valence-electron chi connectivity index (χ4n) is 1.55. The van der Waals surface area contributed by atoms with Crippen molar-refractivity contribution < 1.29 is 19.4 Å². The summed E-state index contributed by atoms with van der Waals surface area (Å²) in [5.41, 5.74) is 0.660. The summed E-state index contributed by atoms with van der Waals surface area (Å²) >= 11 is 0. The van der Waals surface area contributed by atoms with E-state index in [1.807, 2.05) is 27.7 Å². The van der Waals surface area contributed by atoms with Gasteiger partial charge in [-0.3, -0.25) is 4.79 Å². The Morgan fingerprint density at radius 3 is 2.28 bits per heavy atom. The van der Waals surface area contributed by atoms with Crippen LogP contribution >= 0.6 is 0 Å². The molecule has 0 fully saturated rings. The second-order valence-corrected chi connectivity index (χ2v) is 4.67. The van der Waals surface area contributed by atoms with Crippen LogP contribution in [0.1, 0.15) is 33.3 Å². The zero-order chi connectivity index (χ0) is 13.7. The average Bonchev–Trinajstić information content (AvgIpc) is 2.19. The van der Waals surface area contributed by atoms with Gasteiger partial charge in [-0.2, -0.15) is 0 Å². The Hall–Kier alpha value is -1.71. The molecule has 0 saturated heterocycles. The molecule has 100 valence electrons. The number of aliphatic carboxylic acids is 1. The number of benzene rings is 1. The lowest BCUT2D eigenvalue weighted by molar-refractivity contribution is -0.136. The van der Waals surface area contributed by atoms with Crippen LogP contribution in [-0.2, 0) is 11.2 Å². The van der Waals surface area contributed by atoms with E-state index in [-0.39, 0.29) is 18.6 Å². The van der Waals surface area contributed by atoms with Crippen LogP contribution in [0.15, 0.2) is 18.2 Å². The van der Waals surface area contributed by atoms with Gasteiger partial charge in [0, 0.05) is 11.6 Å². The molecular formula is C14H20O4. The summed E-state index contributed by atoms with van der Waals surface area (Å²) in [7, 11) is 0. The van der Waals surface area contributed by atoms with E-state index >= 15 is 0 Å². The topological polar surface area (TPSA) is 55.8 Å². The highest BCUT2D eigenvalue weighted by molar-refractivity contribution is 5.71. The number of carboxylic acids is 1. The molecule has 0 amide bonds. The van der Waals surface area contributed by atoms with Gasteiger partial charge in [0.15, 0.2) is 0 Å². The molecule has 1 aromatic rings. The molecule has 0 radical (unpaired) electrons. The Morgan fingerprint density at radius 2 is 1.78 bits per heavy atom. The van der Waals surface area contributed by atoms with Crippen LogP contribution in [0.5, 0.6) is 11.5 Å². The molecule has 18 heavy (non-hydrogen) atoms. The molecule has 0 aromatic heterocycles. The van der Waals surface area contributed by atoms with Gasteiger partial charge < -0.3 is 14.6 Å². The van der Waals surface area contributed by atoms with Gasteiger partial charge in [0.25, 0.3) is 0 Å². The van der Waals surface area contributed by atoms with E-state index in [0.29, 0.717) is 17.1 Å². The van der Waals surface area contributed by atoms with Crippen LogP contribution in [-0.4, -0.2) is 23.3 Å². The Morgan fingerprint density at radius 1 is 1.17 bits per heavy atom. The molecule has 4 nitrogen and oxygen atoms in total. The van der Waals surface area contributed by atoms with E-state index in [2.05, 4.69) is 0 Å². The Kier molecular flexibility index (Phi) is 5.01. The highest BCUT2D eigenvalue weighted by atomic mass is 16.5. The number of rotatable bonds is 6. The minimum absolute atomic E-state index is 0.00755. The van der Waals surface area contributed by atoms with Crippen molar-refractivity contribution in [2.45, 2.75) is 46.3 Å². The van der Waals surface area contributed by atoms with Gasteiger partial charge in [-0.15, -0.1) is 0 Å². The lowest BCUT2D eigenvalue weighted by Crippen LogP contribution is -2.11. The number of carboxylic acid groups (broad SMARTS) is 1. The van der Waals surface area contributed by atoms with Crippen molar-refractivity contribution in [2.24, 2.45) is 0 Å². The third kappa shape index (κ3) is 4.65. The molecule has 1 N–H and O–H groups in total. The summed E-state index contributed by atoms with van der Waals surface area (Å²) in [6, 6.07) is 5.26. The van der Waals surface area contributed by atoms with Crippen molar-refractivity contribution in [1.82, 2.24) is 0 Å². The highest BCUT2D eigenvalue weighted by Crippen LogP contribution is 2.27. The summed E-state index contributed by atoms with van der Waals surface area (Å²) in [4.78, 5) is 10.8. The van der Waals surface area contributed by atoms with Crippen LogP contribution in [0.25, 0.3) is 0 Å². The summed E-state index contributed by atoms with van der Waals surface area (Å²) in [5, 5.41) is 8.85. The number of hydrogen-bond donors (Lipinski definition) is 1. The van der Waals surface area contributed by atoms with Crippen LogP contribution in [0.2, 0.25) is 0 Å². The minimum Gasteiger partial charge on any atom is -0.491 e. The third-order valence-corrected chi connectivity index (χ3v) is 2.11. The van der Waals surface area contributed by atoms with Crippen molar-refractivity contribution in [3.8, 4) is 11.5 Å². The normalized spacial score (nSPS) is 10.8.